The van der Waals surface area contributed by atoms with Crippen LogP contribution >= 0.6 is 0 Å². The summed E-state index contributed by atoms with van der Waals surface area (Å²) in [5.41, 5.74) is 0. The van der Waals surface area contributed by atoms with E-state index in [-0.39, 0.29) is 18.0 Å². The van der Waals surface area contributed by atoms with E-state index in [1.165, 1.54) is 6.20 Å². The van der Waals surface area contributed by atoms with Crippen LogP contribution in [0.15, 0.2) is 12.4 Å². The molecule has 1 atom stereocenters. The van der Waals surface area contributed by atoms with E-state index in [9.17, 15) is 9.59 Å². The lowest BCUT2D eigenvalue weighted by molar-refractivity contribution is -0.137. The summed E-state index contributed by atoms with van der Waals surface area (Å²) in [7, 11) is 0. The number of hydrogen-bond donors (Lipinski definition) is 2. The molecule has 2 rings (SSSR count). The van der Waals surface area contributed by atoms with Crippen LogP contribution in [0.1, 0.15) is 29.9 Å². The van der Waals surface area contributed by atoms with Gasteiger partial charge in [0.05, 0.1) is 6.42 Å². The number of carbonyl (C=O) groups excluding carboxylic acids is 1. The van der Waals surface area contributed by atoms with Gasteiger partial charge >= 0.3 is 5.97 Å². The lowest BCUT2D eigenvalue weighted by Crippen LogP contribution is -2.33. The van der Waals surface area contributed by atoms with Gasteiger partial charge in [-0.2, -0.15) is 0 Å². The topological polar surface area (TPSA) is 86.3 Å². The monoisotopic (exact) mass is 251 g/mol. The fraction of sp³-hybridized carbons (Fsp3) is 0.583. The van der Waals surface area contributed by atoms with E-state index < -0.39 is 11.9 Å². The van der Waals surface area contributed by atoms with E-state index in [4.69, 9.17) is 5.11 Å². The zero-order chi connectivity index (χ0) is 13.0. The van der Waals surface area contributed by atoms with Crippen LogP contribution < -0.4 is 0 Å². The first kappa shape index (κ1) is 12.8. The van der Waals surface area contributed by atoms with Crippen molar-refractivity contribution >= 4 is 11.8 Å². The molecule has 0 aliphatic carbocycles. The zero-order valence-corrected chi connectivity index (χ0v) is 10.1. The smallest absolute Gasteiger partial charge is 0.304 e. The molecule has 0 saturated carbocycles. The quantitative estimate of drug-likeness (QED) is 0.730. The zero-order valence-electron chi connectivity index (χ0n) is 10.1. The molecule has 2 N–H and O–H groups in total. The lowest BCUT2D eigenvalue weighted by atomic mass is 9.99. The molecule has 1 unspecified atom stereocenters. The highest BCUT2D eigenvalue weighted by Gasteiger charge is 2.27. The molecule has 1 aromatic heterocycles. The average Bonchev–Trinajstić information content (AvgIpc) is 2.99. The van der Waals surface area contributed by atoms with Crippen LogP contribution in [0.25, 0.3) is 0 Å². The van der Waals surface area contributed by atoms with Crippen LogP contribution in [-0.2, 0) is 4.79 Å². The summed E-state index contributed by atoms with van der Waals surface area (Å²) in [4.78, 5) is 31.8. The largest absolute Gasteiger partial charge is 0.481 e. The highest BCUT2D eigenvalue weighted by Crippen LogP contribution is 2.16. The SMILES string of the molecule is O=C(O)CC(CN1CCCC1)C(=O)c1ncc[nH]1. The summed E-state index contributed by atoms with van der Waals surface area (Å²) < 4.78 is 0. The van der Waals surface area contributed by atoms with Crippen molar-refractivity contribution in [3.63, 3.8) is 0 Å². The molecular weight excluding hydrogens is 234 g/mol. The minimum absolute atomic E-state index is 0.143. The number of hydrogen-bond acceptors (Lipinski definition) is 4. The Morgan fingerprint density at radius 3 is 2.72 bits per heavy atom. The Morgan fingerprint density at radius 1 is 1.44 bits per heavy atom. The number of H-pyrrole nitrogens is 1. The number of carboxylic acid groups (broad SMARTS) is 1. The maximum absolute atomic E-state index is 12.1. The van der Waals surface area contributed by atoms with Gasteiger partial charge < -0.3 is 15.0 Å². The number of aromatic amines is 1. The molecule has 0 spiro atoms. The molecule has 0 aromatic carbocycles. The summed E-state index contributed by atoms with van der Waals surface area (Å²) in [6.45, 7) is 2.40. The number of rotatable bonds is 6. The second-order valence-corrected chi connectivity index (χ2v) is 4.60. The fourth-order valence-electron chi connectivity index (χ4n) is 2.32. The van der Waals surface area contributed by atoms with Crippen LogP contribution in [0, 0.1) is 5.92 Å². The minimum Gasteiger partial charge on any atom is -0.481 e. The number of nitrogens with one attached hydrogen (secondary N) is 1. The molecule has 0 bridgehead atoms. The van der Waals surface area contributed by atoms with E-state index in [1.54, 1.807) is 6.20 Å². The van der Waals surface area contributed by atoms with E-state index in [0.29, 0.717) is 6.54 Å². The van der Waals surface area contributed by atoms with Crippen LogP contribution in [0.2, 0.25) is 0 Å². The molecule has 1 saturated heterocycles. The second-order valence-electron chi connectivity index (χ2n) is 4.60. The molecule has 1 aliphatic heterocycles. The number of carboxylic acids is 1. The fourth-order valence-corrected chi connectivity index (χ4v) is 2.32. The van der Waals surface area contributed by atoms with Gasteiger partial charge in [-0.3, -0.25) is 9.59 Å². The Bertz CT molecular complexity index is 410. The van der Waals surface area contributed by atoms with Crippen molar-refractivity contribution in [1.82, 2.24) is 14.9 Å². The number of aliphatic carboxylic acids is 1. The highest BCUT2D eigenvalue weighted by molar-refractivity contribution is 5.96. The maximum Gasteiger partial charge on any atom is 0.304 e. The molecule has 1 aliphatic rings. The highest BCUT2D eigenvalue weighted by atomic mass is 16.4. The van der Waals surface area contributed by atoms with E-state index >= 15 is 0 Å². The predicted molar refractivity (Wildman–Crippen MR) is 64.3 cm³/mol. The Labute approximate surface area is 105 Å². The van der Waals surface area contributed by atoms with E-state index in [1.807, 2.05) is 0 Å². The normalized spacial score (nSPS) is 17.8. The molecule has 1 fully saturated rings. The molecule has 0 radical (unpaired) electrons. The van der Waals surface area contributed by atoms with Gasteiger partial charge in [-0.1, -0.05) is 0 Å². The first-order valence-corrected chi connectivity index (χ1v) is 6.14. The molecule has 2 heterocycles. The number of Topliss-reactive ketones (excluding diaryl/α,β-unsaturated/α-hetero) is 1. The number of ketones is 1. The van der Waals surface area contributed by atoms with Crippen molar-refractivity contribution in [3.8, 4) is 0 Å². The van der Waals surface area contributed by atoms with Crippen molar-refractivity contribution in [1.29, 1.82) is 0 Å². The van der Waals surface area contributed by atoms with Crippen LogP contribution in [0.4, 0.5) is 0 Å². The summed E-state index contributed by atoms with van der Waals surface area (Å²) in [5, 5.41) is 8.90. The van der Waals surface area contributed by atoms with Gasteiger partial charge in [0.25, 0.3) is 0 Å². The van der Waals surface area contributed by atoms with Crippen LogP contribution in [0.5, 0.6) is 0 Å². The number of carbonyl (C=O) groups is 2. The third-order valence-electron chi connectivity index (χ3n) is 3.20. The van der Waals surface area contributed by atoms with Crippen molar-refractivity contribution in [2.24, 2.45) is 5.92 Å². The van der Waals surface area contributed by atoms with Crippen molar-refractivity contribution in [2.75, 3.05) is 19.6 Å². The average molecular weight is 251 g/mol. The van der Waals surface area contributed by atoms with Gasteiger partial charge in [-0.05, 0) is 25.9 Å². The van der Waals surface area contributed by atoms with E-state index in [2.05, 4.69) is 14.9 Å². The number of nitrogens with zero attached hydrogens (tertiary/aromatic N) is 2. The van der Waals surface area contributed by atoms with E-state index in [0.717, 1.165) is 25.9 Å². The third-order valence-corrected chi connectivity index (χ3v) is 3.20. The minimum atomic E-state index is -0.945. The lowest BCUT2D eigenvalue weighted by Gasteiger charge is -2.20. The Hall–Kier alpha value is -1.69. The van der Waals surface area contributed by atoms with Gasteiger partial charge in [-0.25, -0.2) is 4.98 Å². The summed E-state index contributed by atoms with van der Waals surface area (Å²) in [6, 6.07) is 0. The number of likely N-dealkylation sites (tertiary alicyclic amines) is 1. The molecule has 6 heteroatoms. The van der Waals surface area contributed by atoms with Gasteiger partial charge in [0, 0.05) is 24.9 Å². The molecule has 18 heavy (non-hydrogen) atoms. The molecular formula is C12H17N3O3. The third kappa shape index (κ3) is 3.16. The van der Waals surface area contributed by atoms with Crippen molar-refractivity contribution in [2.45, 2.75) is 19.3 Å². The van der Waals surface area contributed by atoms with Crippen LogP contribution in [-0.4, -0.2) is 51.4 Å². The predicted octanol–water partition coefficient (Wildman–Crippen LogP) is 0.779. The summed E-state index contributed by atoms with van der Waals surface area (Å²) in [6.07, 6.45) is 5.17. The molecule has 0 amide bonds. The molecule has 1 aromatic rings. The molecule has 6 nitrogen and oxygen atoms in total. The Balaban J connectivity index is 2.03. The van der Waals surface area contributed by atoms with Gasteiger partial charge in [0.1, 0.15) is 0 Å². The summed E-state index contributed by atoms with van der Waals surface area (Å²) >= 11 is 0. The number of imidazole rings is 1. The standard InChI is InChI=1S/C12H17N3O3/c16-10(17)7-9(8-15-5-1-2-6-15)11(18)12-13-3-4-14-12/h3-4,9H,1-2,5-8H2,(H,13,14)(H,16,17). The second kappa shape index (κ2) is 5.77. The van der Waals surface area contributed by atoms with Crippen LogP contribution in [0.3, 0.4) is 0 Å². The molecule has 98 valence electrons. The van der Waals surface area contributed by atoms with Crippen molar-refractivity contribution in [3.05, 3.63) is 18.2 Å². The Kier molecular flexibility index (Phi) is 4.09. The van der Waals surface area contributed by atoms with Crippen molar-refractivity contribution < 1.29 is 14.7 Å². The first-order valence-electron chi connectivity index (χ1n) is 6.14. The summed E-state index contributed by atoms with van der Waals surface area (Å²) in [5.74, 6) is -1.43. The number of aromatic nitrogens is 2. The maximum atomic E-state index is 12.1. The van der Waals surface area contributed by atoms with Gasteiger partial charge in [-0.15, -0.1) is 0 Å². The first-order chi connectivity index (χ1) is 8.66. The van der Waals surface area contributed by atoms with Gasteiger partial charge in [0.15, 0.2) is 5.82 Å². The Morgan fingerprint density at radius 2 is 2.17 bits per heavy atom. The van der Waals surface area contributed by atoms with Gasteiger partial charge in [0.2, 0.25) is 5.78 Å².